The summed E-state index contributed by atoms with van der Waals surface area (Å²) in [6.45, 7) is 0. The van der Waals surface area contributed by atoms with Crippen LogP contribution in [0.25, 0.3) is 10.1 Å². The van der Waals surface area contributed by atoms with Gasteiger partial charge >= 0.3 is 0 Å². The monoisotopic (exact) mass is 276 g/mol. The molecule has 7 heteroatoms. The lowest BCUT2D eigenvalue weighted by Gasteiger charge is -2.02. The van der Waals surface area contributed by atoms with Gasteiger partial charge in [-0.2, -0.15) is 0 Å². The Balaban J connectivity index is 1.85. The molecule has 0 fully saturated rings. The normalized spacial score (nSPS) is 10.7. The maximum Gasteiger partial charge on any atom is 0.286 e. The molecule has 2 aromatic heterocycles. The van der Waals surface area contributed by atoms with Crippen LogP contribution in [-0.4, -0.2) is 16.1 Å². The Labute approximate surface area is 110 Å². The van der Waals surface area contributed by atoms with Crippen molar-refractivity contribution in [1.29, 1.82) is 0 Å². The number of thiophene rings is 1. The number of benzene rings is 1. The summed E-state index contributed by atoms with van der Waals surface area (Å²) >= 11 is 2.73. The number of nitrogens with one attached hydrogen (secondary N) is 1. The molecule has 0 spiro atoms. The summed E-state index contributed by atoms with van der Waals surface area (Å²) in [5, 5.41) is 13.7. The van der Waals surface area contributed by atoms with Crippen LogP contribution in [0.2, 0.25) is 0 Å². The molecule has 0 unspecified atom stereocenters. The van der Waals surface area contributed by atoms with Crippen molar-refractivity contribution in [3.63, 3.8) is 0 Å². The number of rotatable bonds is 2. The number of nitrogen functional groups attached to an aromatic ring is 1. The number of anilines is 2. The fourth-order valence-electron chi connectivity index (χ4n) is 1.56. The van der Waals surface area contributed by atoms with Crippen LogP contribution >= 0.6 is 22.7 Å². The largest absolute Gasteiger partial charge is 0.374 e. The van der Waals surface area contributed by atoms with Gasteiger partial charge in [0, 0.05) is 10.4 Å². The molecule has 3 N–H and O–H groups in total. The maximum atomic E-state index is 11.8. The third-order valence-corrected chi connectivity index (χ3v) is 3.99. The standard InChI is InChI=1S/C11H8N4OS2/c12-11-15-14-10(18-11)9(16)13-7-1-2-8-6(5-7)3-4-17-8/h1-5H,(H2,12,15)(H,13,16). The van der Waals surface area contributed by atoms with E-state index in [1.807, 2.05) is 29.6 Å². The Morgan fingerprint density at radius 1 is 1.28 bits per heavy atom. The second-order valence-corrected chi connectivity index (χ2v) is 5.53. The third-order valence-electron chi connectivity index (χ3n) is 2.35. The summed E-state index contributed by atoms with van der Waals surface area (Å²) in [6.07, 6.45) is 0. The van der Waals surface area contributed by atoms with Crippen molar-refractivity contribution >= 4 is 49.5 Å². The molecular weight excluding hydrogens is 268 g/mol. The van der Waals surface area contributed by atoms with Gasteiger partial charge in [0.05, 0.1) is 0 Å². The first-order valence-electron chi connectivity index (χ1n) is 5.10. The zero-order valence-electron chi connectivity index (χ0n) is 9.08. The van der Waals surface area contributed by atoms with E-state index in [2.05, 4.69) is 15.5 Å². The van der Waals surface area contributed by atoms with Crippen molar-refractivity contribution in [3.8, 4) is 0 Å². The highest BCUT2D eigenvalue weighted by molar-refractivity contribution is 7.17. The quantitative estimate of drug-likeness (QED) is 0.753. The van der Waals surface area contributed by atoms with Gasteiger partial charge in [-0.05, 0) is 35.0 Å². The van der Waals surface area contributed by atoms with E-state index in [0.717, 1.165) is 22.4 Å². The smallest absolute Gasteiger partial charge is 0.286 e. The van der Waals surface area contributed by atoms with E-state index < -0.39 is 0 Å². The Morgan fingerprint density at radius 2 is 2.17 bits per heavy atom. The van der Waals surface area contributed by atoms with Gasteiger partial charge in [0.1, 0.15) is 0 Å². The summed E-state index contributed by atoms with van der Waals surface area (Å²) in [6, 6.07) is 7.78. The van der Waals surface area contributed by atoms with Crippen molar-refractivity contribution in [3.05, 3.63) is 34.7 Å². The van der Waals surface area contributed by atoms with Crippen molar-refractivity contribution in [2.24, 2.45) is 0 Å². The number of carbonyl (C=O) groups excluding carboxylic acids is 1. The fourth-order valence-corrected chi connectivity index (χ4v) is 2.83. The minimum atomic E-state index is -0.293. The zero-order chi connectivity index (χ0) is 12.5. The SMILES string of the molecule is Nc1nnc(C(=O)Nc2ccc3sccc3c2)s1. The fraction of sp³-hybridized carbons (Fsp3) is 0. The van der Waals surface area contributed by atoms with Crippen LogP contribution in [0.3, 0.4) is 0 Å². The third kappa shape index (κ3) is 2.05. The van der Waals surface area contributed by atoms with Crippen LogP contribution in [0.1, 0.15) is 9.80 Å². The molecule has 3 rings (SSSR count). The molecule has 0 radical (unpaired) electrons. The molecule has 1 aromatic carbocycles. The first kappa shape index (κ1) is 11.1. The lowest BCUT2D eigenvalue weighted by Crippen LogP contribution is -2.11. The van der Waals surface area contributed by atoms with Gasteiger partial charge in [0.25, 0.3) is 5.91 Å². The Morgan fingerprint density at radius 3 is 2.94 bits per heavy atom. The number of carbonyl (C=O) groups is 1. The number of aromatic nitrogens is 2. The van der Waals surface area contributed by atoms with E-state index in [9.17, 15) is 4.79 Å². The van der Waals surface area contributed by atoms with E-state index in [4.69, 9.17) is 5.73 Å². The Bertz CT molecular complexity index is 718. The van der Waals surface area contributed by atoms with E-state index in [0.29, 0.717) is 0 Å². The summed E-state index contributed by atoms with van der Waals surface area (Å²) in [5.41, 5.74) is 6.17. The van der Waals surface area contributed by atoms with Crippen molar-refractivity contribution < 1.29 is 4.79 Å². The van der Waals surface area contributed by atoms with Crippen LogP contribution in [0, 0.1) is 0 Å². The topological polar surface area (TPSA) is 80.9 Å². The lowest BCUT2D eigenvalue weighted by molar-refractivity contribution is 0.102. The molecule has 0 atom stereocenters. The van der Waals surface area contributed by atoms with E-state index in [1.54, 1.807) is 11.3 Å². The highest BCUT2D eigenvalue weighted by Gasteiger charge is 2.11. The molecule has 90 valence electrons. The van der Waals surface area contributed by atoms with Crippen LogP contribution in [-0.2, 0) is 0 Å². The average molecular weight is 276 g/mol. The predicted molar refractivity (Wildman–Crippen MR) is 74.1 cm³/mol. The minimum absolute atomic E-state index is 0.262. The number of hydrogen-bond donors (Lipinski definition) is 2. The summed E-state index contributed by atoms with van der Waals surface area (Å²) < 4.78 is 1.19. The van der Waals surface area contributed by atoms with Gasteiger partial charge in [-0.25, -0.2) is 0 Å². The molecule has 5 nitrogen and oxygen atoms in total. The molecule has 0 saturated carbocycles. The minimum Gasteiger partial charge on any atom is -0.374 e. The second kappa shape index (κ2) is 4.35. The van der Waals surface area contributed by atoms with Crippen molar-refractivity contribution in [1.82, 2.24) is 10.2 Å². The van der Waals surface area contributed by atoms with Gasteiger partial charge in [-0.1, -0.05) is 11.3 Å². The highest BCUT2D eigenvalue weighted by Crippen LogP contribution is 2.24. The molecule has 0 saturated heterocycles. The van der Waals surface area contributed by atoms with E-state index in [1.165, 1.54) is 4.70 Å². The maximum absolute atomic E-state index is 11.8. The van der Waals surface area contributed by atoms with Gasteiger partial charge in [0.15, 0.2) is 0 Å². The molecule has 3 aromatic rings. The second-order valence-electron chi connectivity index (χ2n) is 3.57. The molecule has 2 heterocycles. The summed E-state index contributed by atoms with van der Waals surface area (Å²) in [4.78, 5) is 11.8. The van der Waals surface area contributed by atoms with E-state index in [-0.39, 0.29) is 16.0 Å². The Hall–Kier alpha value is -1.99. The number of nitrogens with zero attached hydrogens (tertiary/aromatic N) is 2. The van der Waals surface area contributed by atoms with Gasteiger partial charge < -0.3 is 11.1 Å². The Kier molecular flexibility index (Phi) is 2.69. The number of nitrogens with two attached hydrogens (primary N) is 1. The van der Waals surface area contributed by atoms with Crippen molar-refractivity contribution in [2.75, 3.05) is 11.1 Å². The number of hydrogen-bond acceptors (Lipinski definition) is 6. The molecule has 0 bridgehead atoms. The summed E-state index contributed by atoms with van der Waals surface area (Å²) in [7, 11) is 0. The number of amides is 1. The molecular formula is C11H8N4OS2. The van der Waals surface area contributed by atoms with Crippen molar-refractivity contribution in [2.45, 2.75) is 0 Å². The van der Waals surface area contributed by atoms with E-state index >= 15 is 0 Å². The first-order valence-corrected chi connectivity index (χ1v) is 6.79. The number of fused-ring (bicyclic) bond motifs is 1. The molecule has 0 aliphatic rings. The van der Waals surface area contributed by atoms with Gasteiger partial charge in [0.2, 0.25) is 10.1 Å². The highest BCUT2D eigenvalue weighted by atomic mass is 32.1. The van der Waals surface area contributed by atoms with Crippen LogP contribution in [0.5, 0.6) is 0 Å². The molecule has 18 heavy (non-hydrogen) atoms. The summed E-state index contributed by atoms with van der Waals surface area (Å²) in [5.74, 6) is -0.293. The van der Waals surface area contributed by atoms with Gasteiger partial charge in [-0.3, -0.25) is 4.79 Å². The predicted octanol–water partition coefficient (Wildman–Crippen LogP) is 2.59. The lowest BCUT2D eigenvalue weighted by atomic mass is 10.2. The molecule has 0 aliphatic carbocycles. The van der Waals surface area contributed by atoms with Crippen LogP contribution < -0.4 is 11.1 Å². The van der Waals surface area contributed by atoms with Crippen LogP contribution in [0.15, 0.2) is 29.6 Å². The molecule has 1 amide bonds. The van der Waals surface area contributed by atoms with Crippen LogP contribution in [0.4, 0.5) is 10.8 Å². The zero-order valence-corrected chi connectivity index (χ0v) is 10.7. The van der Waals surface area contributed by atoms with Gasteiger partial charge in [-0.15, -0.1) is 21.5 Å². The average Bonchev–Trinajstić information content (AvgIpc) is 2.96. The first-order chi connectivity index (χ1) is 8.72. The molecule has 0 aliphatic heterocycles.